The summed E-state index contributed by atoms with van der Waals surface area (Å²) in [5.74, 6) is 1.70. The molecule has 1 saturated carbocycles. The third-order valence-electron chi connectivity index (χ3n) is 6.72. The van der Waals surface area contributed by atoms with Gasteiger partial charge in [0.25, 0.3) is 0 Å². The molecule has 5 rings (SSSR count). The van der Waals surface area contributed by atoms with Crippen molar-refractivity contribution in [2.45, 2.75) is 38.8 Å². The Labute approximate surface area is 210 Å². The standard InChI is InChI=1S/C28H32N6O2/c1-2-11-30-28(35)31-15-20-12-22(13-20)34-16-24(25-26(29)32-18-33-27(25)34)21-9-6-10-23(14-21)36-17-19-7-4-3-5-8-19/h3-10,14,16,18,20,22H,2,11-13,15,17H2,1H3,(H2,29,32,33)(H2,30,31,35)/t20-,22+. The quantitative estimate of drug-likeness (QED) is 0.313. The first-order valence-corrected chi connectivity index (χ1v) is 12.5. The van der Waals surface area contributed by atoms with E-state index in [1.807, 2.05) is 43.3 Å². The summed E-state index contributed by atoms with van der Waals surface area (Å²) in [7, 11) is 0. The van der Waals surface area contributed by atoms with E-state index in [0.717, 1.165) is 52.7 Å². The van der Waals surface area contributed by atoms with E-state index in [2.05, 4.69) is 49.6 Å². The predicted octanol–water partition coefficient (Wildman–Crippen LogP) is 4.92. The van der Waals surface area contributed by atoms with Gasteiger partial charge < -0.3 is 25.7 Å². The third-order valence-corrected chi connectivity index (χ3v) is 6.72. The van der Waals surface area contributed by atoms with Gasteiger partial charge in [-0.3, -0.25) is 0 Å². The zero-order valence-electron chi connectivity index (χ0n) is 20.5. The van der Waals surface area contributed by atoms with Crippen molar-refractivity contribution in [1.82, 2.24) is 25.2 Å². The molecule has 2 amide bonds. The Morgan fingerprint density at radius 3 is 2.75 bits per heavy atom. The molecule has 0 radical (unpaired) electrons. The van der Waals surface area contributed by atoms with Gasteiger partial charge in [0.1, 0.15) is 30.1 Å². The Bertz CT molecular complexity index is 1330. The number of nitrogen functional groups attached to an aromatic ring is 1. The second-order valence-electron chi connectivity index (χ2n) is 9.34. The van der Waals surface area contributed by atoms with Crippen LogP contribution in [0.5, 0.6) is 5.75 Å². The van der Waals surface area contributed by atoms with Crippen molar-refractivity contribution in [2.24, 2.45) is 5.92 Å². The molecule has 2 aromatic heterocycles. The van der Waals surface area contributed by atoms with Gasteiger partial charge in [0.05, 0.1) is 5.39 Å². The molecule has 8 heteroatoms. The summed E-state index contributed by atoms with van der Waals surface area (Å²) in [6, 6.07) is 18.4. The first kappa shape index (κ1) is 23.7. The second-order valence-corrected chi connectivity index (χ2v) is 9.34. The van der Waals surface area contributed by atoms with Gasteiger partial charge in [-0.1, -0.05) is 49.4 Å². The largest absolute Gasteiger partial charge is 0.489 e. The van der Waals surface area contributed by atoms with Gasteiger partial charge in [0.2, 0.25) is 0 Å². The van der Waals surface area contributed by atoms with Crippen molar-refractivity contribution in [1.29, 1.82) is 0 Å². The summed E-state index contributed by atoms with van der Waals surface area (Å²) in [5.41, 5.74) is 10.3. The van der Waals surface area contributed by atoms with Crippen molar-refractivity contribution in [3.8, 4) is 16.9 Å². The molecule has 186 valence electrons. The topological polar surface area (TPSA) is 107 Å². The fourth-order valence-electron chi connectivity index (χ4n) is 4.73. The summed E-state index contributed by atoms with van der Waals surface area (Å²) in [6.07, 6.45) is 6.53. The number of anilines is 1. The molecule has 4 aromatic rings. The molecule has 0 spiro atoms. The van der Waals surface area contributed by atoms with Crippen LogP contribution >= 0.6 is 0 Å². The number of aromatic nitrogens is 3. The van der Waals surface area contributed by atoms with Crippen LogP contribution in [0.2, 0.25) is 0 Å². The lowest BCUT2D eigenvalue weighted by molar-refractivity contribution is 0.192. The Morgan fingerprint density at radius 2 is 1.94 bits per heavy atom. The van der Waals surface area contributed by atoms with Crippen LogP contribution in [-0.4, -0.2) is 33.7 Å². The minimum Gasteiger partial charge on any atom is -0.489 e. The number of hydrogen-bond donors (Lipinski definition) is 3. The summed E-state index contributed by atoms with van der Waals surface area (Å²) < 4.78 is 8.28. The van der Waals surface area contributed by atoms with Crippen LogP contribution in [0.1, 0.15) is 37.8 Å². The molecular formula is C28H32N6O2. The number of nitrogens with zero attached hydrogens (tertiary/aromatic N) is 3. The lowest BCUT2D eigenvalue weighted by atomic mass is 9.80. The number of carbonyl (C=O) groups is 1. The number of carbonyl (C=O) groups excluding carboxylic acids is 1. The zero-order chi connectivity index (χ0) is 24.9. The normalized spacial score (nSPS) is 16.9. The molecule has 1 aliphatic rings. The minimum atomic E-state index is -0.0936. The molecule has 2 aromatic carbocycles. The Balaban J connectivity index is 1.33. The molecule has 1 aliphatic carbocycles. The molecule has 2 heterocycles. The van der Waals surface area contributed by atoms with Crippen molar-refractivity contribution in [2.75, 3.05) is 18.8 Å². The minimum absolute atomic E-state index is 0.0936. The van der Waals surface area contributed by atoms with E-state index in [-0.39, 0.29) is 6.03 Å². The molecule has 0 unspecified atom stereocenters. The summed E-state index contributed by atoms with van der Waals surface area (Å²) >= 11 is 0. The average Bonchev–Trinajstić information content (AvgIpc) is 3.27. The molecule has 36 heavy (non-hydrogen) atoms. The number of urea groups is 1. The average molecular weight is 485 g/mol. The number of benzene rings is 2. The smallest absolute Gasteiger partial charge is 0.314 e. The van der Waals surface area contributed by atoms with Crippen molar-refractivity contribution in [3.63, 3.8) is 0 Å². The van der Waals surface area contributed by atoms with Gasteiger partial charge in [-0.05, 0) is 48.4 Å². The van der Waals surface area contributed by atoms with Gasteiger partial charge in [-0.2, -0.15) is 0 Å². The van der Waals surface area contributed by atoms with Gasteiger partial charge in [0.15, 0.2) is 0 Å². The first-order valence-electron chi connectivity index (χ1n) is 12.5. The molecule has 1 fully saturated rings. The fraction of sp³-hybridized carbons (Fsp3) is 0.321. The highest BCUT2D eigenvalue weighted by Gasteiger charge is 2.32. The highest BCUT2D eigenvalue weighted by atomic mass is 16.5. The van der Waals surface area contributed by atoms with Crippen LogP contribution in [0, 0.1) is 5.92 Å². The SMILES string of the molecule is CCCNC(=O)NC[C@H]1C[C@@H](n2cc(-c3cccc(OCc4ccccc4)c3)c3c(N)ncnc32)C1. The van der Waals surface area contributed by atoms with Crippen LogP contribution in [0.15, 0.2) is 67.1 Å². The van der Waals surface area contributed by atoms with E-state index in [1.54, 1.807) is 0 Å². The lowest BCUT2D eigenvalue weighted by Gasteiger charge is -2.36. The monoisotopic (exact) mass is 484 g/mol. The molecular weight excluding hydrogens is 452 g/mol. The van der Waals surface area contributed by atoms with E-state index in [1.165, 1.54) is 6.33 Å². The van der Waals surface area contributed by atoms with E-state index < -0.39 is 0 Å². The summed E-state index contributed by atoms with van der Waals surface area (Å²) in [5, 5.41) is 6.70. The number of ether oxygens (including phenoxy) is 1. The molecule has 4 N–H and O–H groups in total. The van der Waals surface area contributed by atoms with Gasteiger partial charge >= 0.3 is 6.03 Å². The maximum atomic E-state index is 11.9. The molecule has 0 aliphatic heterocycles. The summed E-state index contributed by atoms with van der Waals surface area (Å²) in [4.78, 5) is 20.7. The van der Waals surface area contributed by atoms with Crippen molar-refractivity contribution in [3.05, 3.63) is 72.7 Å². The van der Waals surface area contributed by atoms with Crippen molar-refractivity contribution >= 4 is 22.9 Å². The maximum Gasteiger partial charge on any atom is 0.314 e. The number of hydrogen-bond acceptors (Lipinski definition) is 5. The summed E-state index contributed by atoms with van der Waals surface area (Å²) in [6.45, 7) is 3.91. The third kappa shape index (κ3) is 5.12. The highest BCUT2D eigenvalue weighted by Crippen LogP contribution is 2.42. The Kier molecular flexibility index (Phi) is 7.02. The van der Waals surface area contributed by atoms with Crippen LogP contribution in [-0.2, 0) is 6.61 Å². The second kappa shape index (κ2) is 10.7. The Morgan fingerprint density at radius 1 is 1.11 bits per heavy atom. The van der Waals surface area contributed by atoms with Gasteiger partial charge in [0, 0.05) is 30.9 Å². The Hall–Kier alpha value is -4.07. The van der Waals surface area contributed by atoms with Gasteiger partial charge in [-0.25, -0.2) is 14.8 Å². The van der Waals surface area contributed by atoms with Gasteiger partial charge in [-0.15, -0.1) is 0 Å². The van der Waals surface area contributed by atoms with Crippen LogP contribution in [0.3, 0.4) is 0 Å². The van der Waals surface area contributed by atoms with E-state index in [9.17, 15) is 4.79 Å². The number of amides is 2. The van der Waals surface area contributed by atoms with Crippen LogP contribution < -0.4 is 21.1 Å². The van der Waals surface area contributed by atoms with E-state index >= 15 is 0 Å². The number of nitrogens with one attached hydrogen (secondary N) is 2. The highest BCUT2D eigenvalue weighted by molar-refractivity contribution is 6.00. The first-order chi connectivity index (χ1) is 17.6. The predicted molar refractivity (Wildman–Crippen MR) is 142 cm³/mol. The van der Waals surface area contributed by atoms with Crippen LogP contribution in [0.25, 0.3) is 22.2 Å². The van der Waals surface area contributed by atoms with E-state index in [4.69, 9.17) is 10.5 Å². The van der Waals surface area contributed by atoms with Crippen molar-refractivity contribution < 1.29 is 9.53 Å². The molecule has 0 saturated heterocycles. The zero-order valence-corrected chi connectivity index (χ0v) is 20.5. The van der Waals surface area contributed by atoms with E-state index in [0.29, 0.717) is 37.5 Å². The fourth-order valence-corrected chi connectivity index (χ4v) is 4.73. The lowest BCUT2D eigenvalue weighted by Crippen LogP contribution is -2.41. The maximum absolute atomic E-state index is 11.9. The number of rotatable bonds is 9. The molecule has 8 nitrogen and oxygen atoms in total. The molecule has 0 atom stereocenters. The van der Waals surface area contributed by atoms with Crippen LogP contribution in [0.4, 0.5) is 10.6 Å². The number of fused-ring (bicyclic) bond motifs is 1. The molecule has 0 bridgehead atoms. The number of nitrogens with two attached hydrogens (primary N) is 1.